The molecule has 0 aromatic carbocycles. The van der Waals surface area contributed by atoms with Crippen LogP contribution in [0.15, 0.2) is 0 Å². The molecule has 2 saturated carbocycles. The Morgan fingerprint density at radius 1 is 1.36 bits per heavy atom. The van der Waals surface area contributed by atoms with Gasteiger partial charge in [0.05, 0.1) is 0 Å². The lowest BCUT2D eigenvalue weighted by Gasteiger charge is -2.27. The molecular formula is C11H20. The van der Waals surface area contributed by atoms with E-state index in [1.54, 1.807) is 19.3 Å². The minimum atomic E-state index is 0.792. The van der Waals surface area contributed by atoms with Gasteiger partial charge in [-0.2, -0.15) is 0 Å². The first kappa shape index (κ1) is 7.64. The number of rotatable bonds is 3. The number of hydrogen-bond donors (Lipinski definition) is 0. The fraction of sp³-hybridized carbons (Fsp3) is 1.00. The molecule has 0 amide bonds. The summed E-state index contributed by atoms with van der Waals surface area (Å²) in [4.78, 5) is 0. The molecule has 0 aromatic rings. The van der Waals surface area contributed by atoms with Crippen LogP contribution in [-0.4, -0.2) is 0 Å². The molecule has 11 heavy (non-hydrogen) atoms. The van der Waals surface area contributed by atoms with Crippen molar-refractivity contribution in [2.45, 2.75) is 52.4 Å². The van der Waals surface area contributed by atoms with Crippen LogP contribution in [-0.2, 0) is 0 Å². The molecule has 64 valence electrons. The predicted molar refractivity (Wildman–Crippen MR) is 48.5 cm³/mol. The summed E-state index contributed by atoms with van der Waals surface area (Å²) in [6, 6.07) is 0. The van der Waals surface area contributed by atoms with Crippen LogP contribution in [0.5, 0.6) is 0 Å². The van der Waals surface area contributed by atoms with Gasteiger partial charge in [-0.05, 0) is 30.1 Å². The van der Waals surface area contributed by atoms with Gasteiger partial charge >= 0.3 is 0 Å². The highest BCUT2D eigenvalue weighted by Gasteiger charge is 2.53. The van der Waals surface area contributed by atoms with E-state index in [1.165, 1.54) is 19.3 Å². The van der Waals surface area contributed by atoms with Crippen molar-refractivity contribution in [2.24, 2.45) is 17.3 Å². The molecule has 2 fully saturated rings. The molecule has 0 aromatic heterocycles. The van der Waals surface area contributed by atoms with Crippen LogP contribution in [0, 0.1) is 17.3 Å². The first-order chi connectivity index (χ1) is 5.26. The van der Waals surface area contributed by atoms with Gasteiger partial charge < -0.3 is 0 Å². The average Bonchev–Trinajstić information content (AvgIpc) is 2.39. The van der Waals surface area contributed by atoms with Crippen LogP contribution in [0.2, 0.25) is 0 Å². The molecule has 0 heterocycles. The molecule has 0 heteroatoms. The third-order valence-electron chi connectivity index (χ3n) is 3.96. The maximum atomic E-state index is 2.50. The summed E-state index contributed by atoms with van der Waals surface area (Å²) < 4.78 is 0. The summed E-state index contributed by atoms with van der Waals surface area (Å²) in [5.74, 6) is 2.28. The zero-order valence-corrected chi connectivity index (χ0v) is 7.90. The van der Waals surface area contributed by atoms with Crippen molar-refractivity contribution in [2.75, 3.05) is 0 Å². The summed E-state index contributed by atoms with van der Waals surface area (Å²) in [6.07, 6.45) is 9.02. The smallest absolute Gasteiger partial charge is 0.0292 e. The average molecular weight is 152 g/mol. The van der Waals surface area contributed by atoms with Crippen molar-refractivity contribution in [1.82, 2.24) is 0 Å². The van der Waals surface area contributed by atoms with E-state index in [2.05, 4.69) is 13.8 Å². The highest BCUT2D eigenvalue weighted by molar-refractivity contribution is 5.03. The van der Waals surface area contributed by atoms with E-state index in [4.69, 9.17) is 0 Å². The van der Waals surface area contributed by atoms with Gasteiger partial charge in [-0.1, -0.05) is 39.5 Å². The van der Waals surface area contributed by atoms with Gasteiger partial charge in [0, 0.05) is 0 Å². The largest absolute Gasteiger partial charge is 0.0654 e. The van der Waals surface area contributed by atoms with Gasteiger partial charge in [0.1, 0.15) is 0 Å². The van der Waals surface area contributed by atoms with Crippen LogP contribution in [0.1, 0.15) is 52.4 Å². The first-order valence-electron chi connectivity index (χ1n) is 5.26. The Bertz CT molecular complexity index is 146. The second kappa shape index (κ2) is 2.50. The molecule has 2 unspecified atom stereocenters. The molecule has 2 atom stereocenters. The summed E-state index contributed by atoms with van der Waals surface area (Å²) in [5, 5.41) is 0. The van der Waals surface area contributed by atoms with E-state index in [1.807, 2.05) is 0 Å². The van der Waals surface area contributed by atoms with Crippen LogP contribution in [0.3, 0.4) is 0 Å². The lowest BCUT2D eigenvalue weighted by molar-refractivity contribution is 0.237. The highest BCUT2D eigenvalue weighted by Crippen LogP contribution is 2.62. The van der Waals surface area contributed by atoms with Crippen molar-refractivity contribution in [3.63, 3.8) is 0 Å². The van der Waals surface area contributed by atoms with Crippen molar-refractivity contribution >= 4 is 0 Å². The summed E-state index contributed by atoms with van der Waals surface area (Å²) in [5.41, 5.74) is 0.792. The molecular weight excluding hydrogens is 132 g/mol. The van der Waals surface area contributed by atoms with Crippen molar-refractivity contribution in [1.29, 1.82) is 0 Å². The highest BCUT2D eigenvalue weighted by atomic mass is 14.6. The van der Waals surface area contributed by atoms with E-state index in [0.717, 1.165) is 17.3 Å². The Morgan fingerprint density at radius 2 is 2.09 bits per heavy atom. The van der Waals surface area contributed by atoms with E-state index in [0.29, 0.717) is 0 Å². The standard InChI is InChI=1S/C11H20/c1-3-7-11(2)8-10(11)9-5-4-6-9/h9-10H,3-8H2,1-2H3. The van der Waals surface area contributed by atoms with Crippen LogP contribution >= 0.6 is 0 Å². The van der Waals surface area contributed by atoms with E-state index in [-0.39, 0.29) is 0 Å². The lowest BCUT2D eigenvalue weighted by Crippen LogP contribution is -2.16. The minimum Gasteiger partial charge on any atom is -0.0654 e. The molecule has 0 bridgehead atoms. The molecule has 0 radical (unpaired) electrons. The number of hydrogen-bond acceptors (Lipinski definition) is 0. The lowest BCUT2D eigenvalue weighted by atomic mass is 9.78. The zero-order chi connectivity index (χ0) is 7.90. The van der Waals surface area contributed by atoms with Crippen molar-refractivity contribution < 1.29 is 0 Å². The van der Waals surface area contributed by atoms with Gasteiger partial charge in [-0.3, -0.25) is 0 Å². The summed E-state index contributed by atoms with van der Waals surface area (Å²) in [7, 11) is 0. The molecule has 0 saturated heterocycles. The van der Waals surface area contributed by atoms with Crippen molar-refractivity contribution in [3.8, 4) is 0 Å². The third-order valence-corrected chi connectivity index (χ3v) is 3.96. The van der Waals surface area contributed by atoms with Crippen LogP contribution in [0.4, 0.5) is 0 Å². The van der Waals surface area contributed by atoms with E-state index < -0.39 is 0 Å². The maximum absolute atomic E-state index is 2.50. The van der Waals surface area contributed by atoms with Gasteiger partial charge in [-0.15, -0.1) is 0 Å². The van der Waals surface area contributed by atoms with E-state index in [9.17, 15) is 0 Å². The Hall–Kier alpha value is 0. The molecule has 0 spiro atoms. The van der Waals surface area contributed by atoms with Crippen molar-refractivity contribution in [3.05, 3.63) is 0 Å². The normalized spacial score (nSPS) is 43.6. The Balaban J connectivity index is 1.82. The van der Waals surface area contributed by atoms with Gasteiger partial charge in [0.25, 0.3) is 0 Å². The van der Waals surface area contributed by atoms with Gasteiger partial charge in [0.2, 0.25) is 0 Å². The molecule has 0 N–H and O–H groups in total. The monoisotopic (exact) mass is 152 g/mol. The van der Waals surface area contributed by atoms with Crippen LogP contribution in [0.25, 0.3) is 0 Å². The quantitative estimate of drug-likeness (QED) is 0.579. The SMILES string of the molecule is CCCC1(C)CC1C1CCC1. The molecule has 2 aliphatic carbocycles. The first-order valence-corrected chi connectivity index (χ1v) is 5.26. The molecule has 0 aliphatic heterocycles. The molecule has 0 nitrogen and oxygen atoms in total. The maximum Gasteiger partial charge on any atom is -0.0292 e. The Kier molecular flexibility index (Phi) is 1.74. The second-order valence-corrected chi connectivity index (χ2v) is 4.91. The van der Waals surface area contributed by atoms with Gasteiger partial charge in [-0.25, -0.2) is 0 Å². The zero-order valence-electron chi connectivity index (χ0n) is 7.90. The van der Waals surface area contributed by atoms with Crippen LogP contribution < -0.4 is 0 Å². The fourth-order valence-electron chi connectivity index (χ4n) is 2.88. The van der Waals surface area contributed by atoms with Gasteiger partial charge in [0.15, 0.2) is 0 Å². The molecule has 2 rings (SSSR count). The van der Waals surface area contributed by atoms with E-state index >= 15 is 0 Å². The predicted octanol–water partition coefficient (Wildman–Crippen LogP) is 3.61. The topological polar surface area (TPSA) is 0 Å². The Morgan fingerprint density at radius 3 is 2.55 bits per heavy atom. The summed E-state index contributed by atoms with van der Waals surface area (Å²) >= 11 is 0. The Labute approximate surface area is 70.4 Å². The third kappa shape index (κ3) is 1.21. The summed E-state index contributed by atoms with van der Waals surface area (Å²) in [6.45, 7) is 4.82. The molecule has 2 aliphatic rings. The minimum absolute atomic E-state index is 0.792. The fourth-order valence-corrected chi connectivity index (χ4v) is 2.88. The second-order valence-electron chi connectivity index (χ2n) is 4.91.